The van der Waals surface area contributed by atoms with Crippen LogP contribution in [0.3, 0.4) is 0 Å². The average Bonchev–Trinajstić information content (AvgIpc) is 2.61. The van der Waals surface area contributed by atoms with Crippen molar-refractivity contribution in [2.24, 2.45) is 4.99 Å². The summed E-state index contributed by atoms with van der Waals surface area (Å²) in [7, 11) is 2.80. The zero-order valence-electron chi connectivity index (χ0n) is 14.4. The minimum absolute atomic E-state index is 0.0545. The molecule has 0 saturated carbocycles. The molecule has 6 nitrogen and oxygen atoms in total. The molecule has 1 N–H and O–H groups in total. The number of aromatic hydroxyl groups is 1. The standard InChI is InChI=1S/C19H16BrNO5/c1-10-8-14(22)15-17(24-2)13(16(23)19(25-3)18(15)26-10)9-21-12-6-4-11(20)5-7-12/h4-9,23H,1-3H3. The van der Waals surface area contributed by atoms with Gasteiger partial charge in [0.05, 0.1) is 25.5 Å². The number of ether oxygens (including phenoxy) is 2. The molecule has 0 aliphatic rings. The second-order valence-electron chi connectivity index (χ2n) is 5.49. The Balaban J connectivity index is 2.29. The number of hydrogen-bond donors (Lipinski definition) is 1. The molecule has 0 bridgehead atoms. The summed E-state index contributed by atoms with van der Waals surface area (Å²) in [6.45, 7) is 1.65. The minimum Gasteiger partial charge on any atom is -0.504 e. The number of hydrogen-bond acceptors (Lipinski definition) is 6. The Morgan fingerprint density at radius 2 is 1.81 bits per heavy atom. The fraction of sp³-hybridized carbons (Fsp3) is 0.158. The summed E-state index contributed by atoms with van der Waals surface area (Å²) in [6.07, 6.45) is 1.43. The number of fused-ring (bicyclic) bond motifs is 1. The zero-order chi connectivity index (χ0) is 18.8. The normalized spacial score (nSPS) is 11.2. The molecule has 0 atom stereocenters. The van der Waals surface area contributed by atoms with E-state index in [2.05, 4.69) is 20.9 Å². The second-order valence-corrected chi connectivity index (χ2v) is 6.40. The molecule has 0 aliphatic heterocycles. The van der Waals surface area contributed by atoms with Crippen molar-refractivity contribution in [2.75, 3.05) is 14.2 Å². The van der Waals surface area contributed by atoms with E-state index in [9.17, 15) is 9.90 Å². The molecular formula is C19H16BrNO5. The van der Waals surface area contributed by atoms with Gasteiger partial charge in [0.1, 0.15) is 16.9 Å². The third-order valence-corrected chi connectivity index (χ3v) is 4.33. The number of benzene rings is 2. The molecule has 0 amide bonds. The van der Waals surface area contributed by atoms with Gasteiger partial charge < -0.3 is 19.0 Å². The molecule has 2 aromatic carbocycles. The van der Waals surface area contributed by atoms with Gasteiger partial charge in [-0.15, -0.1) is 0 Å². The van der Waals surface area contributed by atoms with Crippen LogP contribution in [0.15, 0.2) is 49.0 Å². The van der Waals surface area contributed by atoms with Gasteiger partial charge in [-0.2, -0.15) is 0 Å². The van der Waals surface area contributed by atoms with Crippen LogP contribution in [0.4, 0.5) is 5.69 Å². The van der Waals surface area contributed by atoms with E-state index in [0.29, 0.717) is 11.4 Å². The van der Waals surface area contributed by atoms with Crippen molar-refractivity contribution in [3.8, 4) is 17.2 Å². The highest BCUT2D eigenvalue weighted by Gasteiger charge is 2.23. The van der Waals surface area contributed by atoms with Gasteiger partial charge >= 0.3 is 0 Å². The third kappa shape index (κ3) is 3.17. The Labute approximate surface area is 157 Å². The lowest BCUT2D eigenvalue weighted by Crippen LogP contribution is -2.06. The van der Waals surface area contributed by atoms with Crippen LogP contribution in [0.25, 0.3) is 11.0 Å². The Morgan fingerprint density at radius 3 is 2.42 bits per heavy atom. The van der Waals surface area contributed by atoms with E-state index in [1.807, 2.05) is 12.1 Å². The number of aryl methyl sites for hydroxylation is 1. The van der Waals surface area contributed by atoms with Gasteiger partial charge in [-0.25, -0.2) is 0 Å². The van der Waals surface area contributed by atoms with Gasteiger partial charge in [-0.05, 0) is 31.2 Å². The van der Waals surface area contributed by atoms with Crippen LogP contribution >= 0.6 is 15.9 Å². The predicted octanol–water partition coefficient (Wildman–Crippen LogP) is 4.34. The lowest BCUT2D eigenvalue weighted by Gasteiger charge is -2.14. The highest BCUT2D eigenvalue weighted by atomic mass is 79.9. The second kappa shape index (κ2) is 7.21. The van der Waals surface area contributed by atoms with E-state index in [0.717, 1.165) is 4.47 Å². The van der Waals surface area contributed by atoms with Gasteiger partial charge in [-0.1, -0.05) is 15.9 Å². The van der Waals surface area contributed by atoms with Gasteiger partial charge in [0.25, 0.3) is 0 Å². The maximum atomic E-state index is 12.5. The number of phenolic OH excluding ortho intramolecular Hbond substituents is 1. The van der Waals surface area contributed by atoms with Crippen molar-refractivity contribution >= 4 is 38.8 Å². The summed E-state index contributed by atoms with van der Waals surface area (Å²) in [5.41, 5.74) is 0.741. The van der Waals surface area contributed by atoms with Crippen LogP contribution in [-0.2, 0) is 0 Å². The molecule has 3 aromatic rings. The Morgan fingerprint density at radius 1 is 1.15 bits per heavy atom. The number of halogens is 1. The van der Waals surface area contributed by atoms with E-state index >= 15 is 0 Å². The number of aliphatic imine (C=N–C) groups is 1. The van der Waals surface area contributed by atoms with Crippen LogP contribution in [-0.4, -0.2) is 25.5 Å². The van der Waals surface area contributed by atoms with Crippen LogP contribution < -0.4 is 14.9 Å². The van der Waals surface area contributed by atoms with Crippen LogP contribution in [0.5, 0.6) is 17.2 Å². The van der Waals surface area contributed by atoms with Crippen molar-refractivity contribution in [3.63, 3.8) is 0 Å². The first kappa shape index (κ1) is 18.0. The molecule has 0 aliphatic carbocycles. The Bertz CT molecular complexity index is 1050. The van der Waals surface area contributed by atoms with Gasteiger partial charge in [0.2, 0.25) is 5.75 Å². The summed E-state index contributed by atoms with van der Waals surface area (Å²) in [5.74, 6) is 0.414. The summed E-state index contributed by atoms with van der Waals surface area (Å²) in [4.78, 5) is 16.8. The molecule has 134 valence electrons. The smallest absolute Gasteiger partial charge is 0.205 e. The number of rotatable bonds is 4. The minimum atomic E-state index is -0.294. The van der Waals surface area contributed by atoms with Gasteiger partial charge in [0.15, 0.2) is 16.8 Å². The quantitative estimate of drug-likeness (QED) is 0.638. The molecule has 0 saturated heterocycles. The molecule has 1 aromatic heterocycles. The van der Waals surface area contributed by atoms with Crippen LogP contribution in [0, 0.1) is 6.92 Å². The largest absolute Gasteiger partial charge is 0.504 e. The molecule has 3 rings (SSSR count). The first-order valence-electron chi connectivity index (χ1n) is 7.67. The van der Waals surface area contributed by atoms with E-state index in [1.165, 1.54) is 26.5 Å². The third-order valence-electron chi connectivity index (χ3n) is 3.80. The fourth-order valence-corrected chi connectivity index (χ4v) is 2.91. The molecule has 0 radical (unpaired) electrons. The van der Waals surface area contributed by atoms with Crippen molar-refractivity contribution < 1.29 is 19.0 Å². The topological polar surface area (TPSA) is 81.3 Å². The van der Waals surface area contributed by atoms with E-state index < -0.39 is 0 Å². The first-order valence-corrected chi connectivity index (χ1v) is 8.46. The number of methoxy groups -OCH3 is 2. The molecule has 0 fully saturated rings. The SMILES string of the molecule is COc1c(O)c(C=Nc2ccc(Br)cc2)c(OC)c2c(=O)cc(C)oc12. The number of nitrogens with zero attached hydrogens (tertiary/aromatic N) is 1. The highest BCUT2D eigenvalue weighted by Crippen LogP contribution is 2.43. The highest BCUT2D eigenvalue weighted by molar-refractivity contribution is 9.10. The van der Waals surface area contributed by atoms with Crippen molar-refractivity contribution in [2.45, 2.75) is 6.92 Å². The molecule has 0 spiro atoms. The first-order chi connectivity index (χ1) is 12.5. The van der Waals surface area contributed by atoms with Crippen molar-refractivity contribution in [1.82, 2.24) is 0 Å². The lowest BCUT2D eigenvalue weighted by atomic mass is 10.1. The average molecular weight is 418 g/mol. The summed E-state index contributed by atoms with van der Waals surface area (Å²) in [6, 6.07) is 8.67. The fourth-order valence-electron chi connectivity index (χ4n) is 2.64. The van der Waals surface area contributed by atoms with Gasteiger partial charge in [0, 0.05) is 16.8 Å². The lowest BCUT2D eigenvalue weighted by molar-refractivity contribution is 0.362. The van der Waals surface area contributed by atoms with E-state index in [-0.39, 0.29) is 39.2 Å². The van der Waals surface area contributed by atoms with Crippen LogP contribution in [0.2, 0.25) is 0 Å². The molecule has 26 heavy (non-hydrogen) atoms. The molecule has 1 heterocycles. The molecule has 7 heteroatoms. The zero-order valence-corrected chi connectivity index (χ0v) is 16.0. The maximum absolute atomic E-state index is 12.5. The monoisotopic (exact) mass is 417 g/mol. The van der Waals surface area contributed by atoms with E-state index in [1.54, 1.807) is 19.1 Å². The molecular weight excluding hydrogens is 402 g/mol. The van der Waals surface area contributed by atoms with Gasteiger partial charge in [-0.3, -0.25) is 9.79 Å². The summed E-state index contributed by atoms with van der Waals surface area (Å²) >= 11 is 3.36. The van der Waals surface area contributed by atoms with Crippen molar-refractivity contribution in [3.05, 3.63) is 56.4 Å². The summed E-state index contributed by atoms with van der Waals surface area (Å²) < 4.78 is 17.2. The summed E-state index contributed by atoms with van der Waals surface area (Å²) in [5, 5.41) is 10.8. The maximum Gasteiger partial charge on any atom is 0.205 e. The predicted molar refractivity (Wildman–Crippen MR) is 103 cm³/mol. The number of phenols is 1. The van der Waals surface area contributed by atoms with E-state index in [4.69, 9.17) is 13.9 Å². The molecule has 0 unspecified atom stereocenters. The Kier molecular flexibility index (Phi) is 4.99. The van der Waals surface area contributed by atoms with Crippen molar-refractivity contribution in [1.29, 1.82) is 0 Å². The van der Waals surface area contributed by atoms with Crippen LogP contribution in [0.1, 0.15) is 11.3 Å². The Hall–Kier alpha value is -2.80.